The summed E-state index contributed by atoms with van der Waals surface area (Å²) in [6, 6.07) is 2.69. The lowest BCUT2D eigenvalue weighted by Gasteiger charge is -2.54. The van der Waals surface area contributed by atoms with E-state index in [2.05, 4.69) is 24.5 Å². The lowest BCUT2D eigenvalue weighted by atomic mass is 9.72. The number of carbonyl (C=O) groups is 1. The third-order valence-electron chi connectivity index (χ3n) is 10.00. The number of amides is 1. The summed E-state index contributed by atoms with van der Waals surface area (Å²) in [6.07, 6.45) is 3.69. The van der Waals surface area contributed by atoms with Crippen LogP contribution in [0, 0.1) is 11.2 Å². The number of nitrogens with one attached hydrogen (secondary N) is 1. The molecule has 4 aliphatic heterocycles. The number of hydrogen-bond donors (Lipinski definition) is 1. The molecular weight excluding hydrogens is 679 g/mol. The molecule has 4 aliphatic rings. The molecule has 6 rings (SSSR count). The molecule has 5 heterocycles. The van der Waals surface area contributed by atoms with E-state index in [1.807, 2.05) is 0 Å². The topological polar surface area (TPSA) is 130 Å². The maximum absolute atomic E-state index is 14.3. The Kier molecular flexibility index (Phi) is 11.5. The van der Waals surface area contributed by atoms with Gasteiger partial charge in [0.2, 0.25) is 0 Å². The van der Waals surface area contributed by atoms with Crippen molar-refractivity contribution in [2.75, 3.05) is 77.1 Å². The third kappa shape index (κ3) is 8.67. The Bertz CT molecular complexity index is 1580. The predicted octanol–water partition coefficient (Wildman–Crippen LogP) is 3.14. The molecule has 0 unspecified atom stereocenters. The molecule has 0 radical (unpaired) electrons. The summed E-state index contributed by atoms with van der Waals surface area (Å²) >= 11 is 0. The number of piperidine rings is 1. The number of nitrogens with zero attached hydrogens (tertiary/aromatic N) is 6. The number of halogens is 3. The van der Waals surface area contributed by atoms with E-state index in [1.54, 1.807) is 13.8 Å². The van der Waals surface area contributed by atoms with Gasteiger partial charge in [-0.1, -0.05) is 0 Å². The van der Waals surface area contributed by atoms with Crippen molar-refractivity contribution in [3.05, 3.63) is 42.1 Å². The predicted molar refractivity (Wildman–Crippen MR) is 178 cm³/mol. The van der Waals surface area contributed by atoms with Gasteiger partial charge in [0.25, 0.3) is 22.5 Å². The minimum absolute atomic E-state index is 0.0293. The van der Waals surface area contributed by atoms with Gasteiger partial charge in [-0.3, -0.25) is 4.79 Å². The first-order chi connectivity index (χ1) is 23.9. The molecule has 0 bridgehead atoms. The molecule has 2 atom stereocenters. The molecule has 0 aliphatic carbocycles. The maximum atomic E-state index is 14.3. The van der Waals surface area contributed by atoms with Gasteiger partial charge in [0, 0.05) is 50.2 Å². The van der Waals surface area contributed by atoms with Crippen LogP contribution in [0.25, 0.3) is 0 Å². The average molecular weight is 726 g/mol. The molecule has 4 fully saturated rings. The number of carbonyl (C=O) groups excluding carboxylic acids is 1. The number of hydrogen-bond acceptors (Lipinski definition) is 10. The highest BCUT2D eigenvalue weighted by Crippen LogP contribution is 2.45. The fourth-order valence-electron chi connectivity index (χ4n) is 7.17. The maximum Gasteiger partial charge on any atom is 0.279 e. The van der Waals surface area contributed by atoms with Crippen LogP contribution < -0.4 is 14.4 Å². The van der Waals surface area contributed by atoms with Gasteiger partial charge in [0.1, 0.15) is 17.9 Å². The molecule has 0 saturated carbocycles. The van der Waals surface area contributed by atoms with Crippen molar-refractivity contribution in [1.29, 1.82) is 0 Å². The molecule has 1 spiro atoms. The van der Waals surface area contributed by atoms with Crippen molar-refractivity contribution in [3.63, 3.8) is 0 Å². The number of benzene rings is 1. The van der Waals surface area contributed by atoms with Gasteiger partial charge in [-0.15, -0.1) is 0 Å². The summed E-state index contributed by atoms with van der Waals surface area (Å²) < 4.78 is 88.0. The van der Waals surface area contributed by atoms with Crippen molar-refractivity contribution in [3.8, 4) is 11.5 Å². The number of alkyl halides is 2. The molecule has 1 N–H and O–H groups in total. The lowest BCUT2D eigenvalue weighted by molar-refractivity contribution is -0.0302. The summed E-state index contributed by atoms with van der Waals surface area (Å²) in [5, 5.41) is 0. The van der Waals surface area contributed by atoms with Gasteiger partial charge < -0.3 is 28.9 Å². The van der Waals surface area contributed by atoms with E-state index in [0.717, 1.165) is 75.4 Å². The van der Waals surface area contributed by atoms with E-state index in [9.17, 15) is 26.4 Å². The van der Waals surface area contributed by atoms with E-state index in [0.29, 0.717) is 38.7 Å². The first-order valence-corrected chi connectivity index (χ1v) is 18.7. The summed E-state index contributed by atoms with van der Waals surface area (Å²) in [5.74, 6) is -0.589. The summed E-state index contributed by atoms with van der Waals surface area (Å²) in [7, 11) is -3.56. The third-order valence-corrected chi connectivity index (χ3v) is 11.7. The Morgan fingerprint density at radius 2 is 1.86 bits per heavy atom. The zero-order valence-corrected chi connectivity index (χ0v) is 29.3. The normalized spacial score (nSPS) is 23.3. The van der Waals surface area contributed by atoms with Gasteiger partial charge in [-0.2, -0.15) is 17.4 Å². The van der Waals surface area contributed by atoms with Crippen LogP contribution in [0.5, 0.6) is 11.5 Å². The van der Waals surface area contributed by atoms with Crippen LogP contribution in [0.15, 0.2) is 30.7 Å². The minimum atomic E-state index is -3.56. The molecule has 276 valence electrons. The summed E-state index contributed by atoms with van der Waals surface area (Å²) in [5.41, 5.74) is -0.0488. The smallest absolute Gasteiger partial charge is 0.279 e. The Hall–Kier alpha value is -3.09. The monoisotopic (exact) mass is 725 g/mol. The number of aromatic nitrogens is 2. The highest BCUT2D eigenvalue weighted by Gasteiger charge is 2.46. The first kappa shape index (κ1) is 36.7. The number of morpholine rings is 1. The quantitative estimate of drug-likeness (QED) is 0.349. The lowest BCUT2D eigenvalue weighted by Crippen LogP contribution is -2.61. The Morgan fingerprint density at radius 1 is 1.12 bits per heavy atom. The second kappa shape index (κ2) is 15.7. The van der Waals surface area contributed by atoms with Crippen molar-refractivity contribution < 1.29 is 40.6 Å². The number of likely N-dealkylation sites (tertiary alicyclic amines) is 1. The number of rotatable bonds is 12. The fourth-order valence-corrected chi connectivity index (χ4v) is 8.56. The average Bonchev–Trinajstić information content (AvgIpc) is 3.08. The van der Waals surface area contributed by atoms with Gasteiger partial charge in [-0.25, -0.2) is 23.1 Å². The highest BCUT2D eigenvalue weighted by molar-refractivity contribution is 7.87. The van der Waals surface area contributed by atoms with Crippen LogP contribution in [0.2, 0.25) is 0 Å². The van der Waals surface area contributed by atoms with Gasteiger partial charge in [0.05, 0.1) is 44.2 Å². The van der Waals surface area contributed by atoms with Crippen LogP contribution in [-0.2, 0) is 19.7 Å². The molecule has 13 nitrogen and oxygen atoms in total. The first-order valence-electron chi connectivity index (χ1n) is 17.2. The Labute approximate surface area is 291 Å². The molecule has 50 heavy (non-hydrogen) atoms. The number of ether oxygens (including phenoxy) is 3. The van der Waals surface area contributed by atoms with E-state index in [4.69, 9.17) is 14.2 Å². The van der Waals surface area contributed by atoms with E-state index < -0.39 is 40.9 Å². The van der Waals surface area contributed by atoms with Crippen LogP contribution in [0.4, 0.5) is 19.0 Å². The van der Waals surface area contributed by atoms with Gasteiger partial charge in [-0.05, 0) is 70.8 Å². The molecule has 1 aromatic carbocycles. The molecule has 1 aromatic heterocycles. The van der Waals surface area contributed by atoms with Crippen LogP contribution in [0.3, 0.4) is 0 Å². The SMILES string of the molecule is CC(C)N(CC(F)F)C(=O)c1cc(F)ccc1Oc1cncnc1N1CC2(CCN(C[C@@H]3CC[C@@H](NS(=O)(=O)N4CCOCC4)CO3)CC2)C1. The zero-order chi connectivity index (χ0) is 35.5. The molecule has 17 heteroatoms. The van der Waals surface area contributed by atoms with E-state index >= 15 is 0 Å². The van der Waals surface area contributed by atoms with Crippen molar-refractivity contribution in [2.24, 2.45) is 5.41 Å². The van der Waals surface area contributed by atoms with E-state index in [1.165, 1.54) is 22.9 Å². The zero-order valence-electron chi connectivity index (χ0n) is 28.5. The van der Waals surface area contributed by atoms with E-state index in [-0.39, 0.29) is 34.6 Å². The van der Waals surface area contributed by atoms with Crippen molar-refractivity contribution in [2.45, 2.75) is 64.1 Å². The highest BCUT2D eigenvalue weighted by atomic mass is 32.2. The summed E-state index contributed by atoms with van der Waals surface area (Å²) in [6.45, 7) is 8.48. The van der Waals surface area contributed by atoms with Crippen LogP contribution in [-0.4, -0.2) is 135 Å². The fraction of sp³-hybridized carbons (Fsp3) is 0.667. The Morgan fingerprint density at radius 3 is 2.52 bits per heavy atom. The Balaban J connectivity index is 1.00. The van der Waals surface area contributed by atoms with Crippen molar-refractivity contribution >= 4 is 21.9 Å². The number of anilines is 1. The van der Waals surface area contributed by atoms with Gasteiger partial charge in [0.15, 0.2) is 11.6 Å². The van der Waals surface area contributed by atoms with Crippen molar-refractivity contribution in [1.82, 2.24) is 28.8 Å². The molecule has 1 amide bonds. The largest absolute Gasteiger partial charge is 0.451 e. The molecule has 4 saturated heterocycles. The standard InChI is InChI=1S/C33H46F3N7O6S/c1-23(2)43(18-30(35)36)32(44)27-15-24(34)3-6-28(27)49-29-16-37-22-38-31(29)41-20-33(21-41)7-9-40(10-8-33)17-26-5-4-25(19-48-26)39-50(45,46)42-11-13-47-14-12-42/h3,6,15-16,22-23,25-26,30,39H,4-5,7-14,17-21H2,1-2H3/t25-,26+/m1/s1. The second-order valence-electron chi connectivity index (χ2n) is 13.9. The summed E-state index contributed by atoms with van der Waals surface area (Å²) in [4.78, 5) is 27.4. The molecular formula is C33H46F3N7O6S. The minimum Gasteiger partial charge on any atom is -0.451 e. The molecule has 2 aromatic rings. The van der Waals surface area contributed by atoms with Gasteiger partial charge >= 0.3 is 0 Å². The van der Waals surface area contributed by atoms with Crippen LogP contribution >= 0.6 is 0 Å². The second-order valence-corrected chi connectivity index (χ2v) is 15.6. The van der Waals surface area contributed by atoms with Crippen LogP contribution in [0.1, 0.15) is 49.9 Å².